The van der Waals surface area contributed by atoms with Crippen molar-refractivity contribution in [2.45, 2.75) is 13.8 Å². The maximum absolute atomic E-state index is 10.3. The molecule has 1 rings (SSSR count). The van der Waals surface area contributed by atoms with Gasteiger partial charge in [0.25, 0.3) is 0 Å². The SMILES string of the molecule is CC(C)CN1CCN(CC=O)CC1. The van der Waals surface area contributed by atoms with Crippen LogP contribution in [-0.2, 0) is 4.79 Å². The first-order valence-electron chi connectivity index (χ1n) is 5.10. The maximum atomic E-state index is 10.3. The van der Waals surface area contributed by atoms with Crippen LogP contribution in [0.4, 0.5) is 0 Å². The van der Waals surface area contributed by atoms with Crippen LogP contribution < -0.4 is 0 Å². The molecule has 0 aromatic rings. The van der Waals surface area contributed by atoms with E-state index < -0.39 is 0 Å². The normalized spacial score (nSPS) is 20.8. The van der Waals surface area contributed by atoms with Crippen molar-refractivity contribution in [3.05, 3.63) is 0 Å². The Morgan fingerprint density at radius 1 is 1.15 bits per heavy atom. The van der Waals surface area contributed by atoms with Gasteiger partial charge in [0.2, 0.25) is 0 Å². The molecular formula is C10H20N2O. The van der Waals surface area contributed by atoms with Crippen LogP contribution in [0.1, 0.15) is 13.8 Å². The minimum Gasteiger partial charge on any atom is -0.302 e. The molecule has 1 heterocycles. The Kier molecular flexibility index (Phi) is 4.39. The molecule has 0 unspecified atom stereocenters. The van der Waals surface area contributed by atoms with E-state index in [2.05, 4.69) is 23.6 Å². The highest BCUT2D eigenvalue weighted by molar-refractivity contribution is 5.51. The summed E-state index contributed by atoms with van der Waals surface area (Å²) in [6, 6.07) is 0. The van der Waals surface area contributed by atoms with Crippen LogP contribution in [0.5, 0.6) is 0 Å². The van der Waals surface area contributed by atoms with E-state index in [1.807, 2.05) is 0 Å². The van der Waals surface area contributed by atoms with Crippen LogP contribution in [0.25, 0.3) is 0 Å². The van der Waals surface area contributed by atoms with Crippen molar-refractivity contribution in [2.75, 3.05) is 39.3 Å². The molecule has 1 saturated heterocycles. The smallest absolute Gasteiger partial charge is 0.133 e. The highest BCUT2D eigenvalue weighted by atomic mass is 16.1. The van der Waals surface area contributed by atoms with Crippen molar-refractivity contribution < 1.29 is 4.79 Å². The largest absolute Gasteiger partial charge is 0.302 e. The number of aldehydes is 1. The zero-order chi connectivity index (χ0) is 9.68. The standard InChI is InChI=1S/C10H20N2O/c1-10(2)9-12-5-3-11(4-6-12)7-8-13/h8,10H,3-7,9H2,1-2H3. The van der Waals surface area contributed by atoms with Gasteiger partial charge in [-0.1, -0.05) is 13.8 Å². The van der Waals surface area contributed by atoms with Crippen molar-refractivity contribution in [3.63, 3.8) is 0 Å². The second-order valence-corrected chi connectivity index (χ2v) is 4.16. The summed E-state index contributed by atoms with van der Waals surface area (Å²) in [6.07, 6.45) is 0.998. The van der Waals surface area contributed by atoms with Crippen molar-refractivity contribution in [1.82, 2.24) is 9.80 Å². The average molecular weight is 184 g/mol. The van der Waals surface area contributed by atoms with Crippen LogP contribution in [0, 0.1) is 5.92 Å². The molecule has 1 fully saturated rings. The summed E-state index contributed by atoms with van der Waals surface area (Å²) in [6.45, 7) is 10.6. The second-order valence-electron chi connectivity index (χ2n) is 4.16. The Labute approximate surface area is 80.7 Å². The van der Waals surface area contributed by atoms with Crippen molar-refractivity contribution in [3.8, 4) is 0 Å². The number of hydrogen-bond donors (Lipinski definition) is 0. The molecule has 0 N–H and O–H groups in total. The third-order valence-corrected chi connectivity index (χ3v) is 2.42. The Bertz CT molecular complexity index is 151. The lowest BCUT2D eigenvalue weighted by Gasteiger charge is -2.34. The number of piperazine rings is 1. The molecule has 3 heteroatoms. The zero-order valence-electron chi connectivity index (χ0n) is 8.70. The van der Waals surface area contributed by atoms with Crippen molar-refractivity contribution >= 4 is 6.29 Å². The molecule has 13 heavy (non-hydrogen) atoms. The topological polar surface area (TPSA) is 23.6 Å². The van der Waals surface area contributed by atoms with Gasteiger partial charge >= 0.3 is 0 Å². The number of nitrogens with zero attached hydrogens (tertiary/aromatic N) is 2. The predicted octanol–water partition coefficient (Wildman–Crippen LogP) is 0.459. The molecule has 0 radical (unpaired) electrons. The van der Waals surface area contributed by atoms with Gasteiger partial charge in [-0.2, -0.15) is 0 Å². The Balaban J connectivity index is 2.18. The van der Waals surface area contributed by atoms with E-state index in [4.69, 9.17) is 0 Å². The third-order valence-electron chi connectivity index (χ3n) is 2.42. The maximum Gasteiger partial charge on any atom is 0.133 e. The molecule has 0 spiro atoms. The summed E-state index contributed by atoms with van der Waals surface area (Å²) in [5, 5.41) is 0. The Hall–Kier alpha value is -0.410. The van der Waals surface area contributed by atoms with Gasteiger partial charge in [0.05, 0.1) is 6.54 Å². The van der Waals surface area contributed by atoms with Crippen LogP contribution in [0.3, 0.4) is 0 Å². The van der Waals surface area contributed by atoms with Gasteiger partial charge in [0.1, 0.15) is 6.29 Å². The molecular weight excluding hydrogens is 164 g/mol. The predicted molar refractivity (Wildman–Crippen MR) is 53.8 cm³/mol. The molecule has 0 amide bonds. The molecule has 0 bridgehead atoms. The molecule has 0 atom stereocenters. The molecule has 1 aliphatic rings. The Morgan fingerprint density at radius 2 is 1.69 bits per heavy atom. The quantitative estimate of drug-likeness (QED) is 0.593. The molecule has 0 saturated carbocycles. The minimum atomic E-state index is 0.607. The summed E-state index contributed by atoms with van der Waals surface area (Å²) < 4.78 is 0. The van der Waals surface area contributed by atoms with Gasteiger partial charge in [-0.05, 0) is 5.92 Å². The zero-order valence-corrected chi connectivity index (χ0v) is 8.70. The first-order chi connectivity index (χ1) is 6.22. The number of hydrogen-bond acceptors (Lipinski definition) is 3. The van der Waals surface area contributed by atoms with Gasteiger partial charge in [-0.3, -0.25) is 4.90 Å². The van der Waals surface area contributed by atoms with Crippen LogP contribution in [0.2, 0.25) is 0 Å². The summed E-state index contributed by atoms with van der Waals surface area (Å²) in [5.41, 5.74) is 0. The van der Waals surface area contributed by atoms with E-state index in [0.717, 1.165) is 38.4 Å². The van der Waals surface area contributed by atoms with Gasteiger partial charge in [0.15, 0.2) is 0 Å². The number of carbonyl (C=O) groups is 1. The second kappa shape index (κ2) is 5.35. The fraction of sp³-hybridized carbons (Fsp3) is 0.900. The highest BCUT2D eigenvalue weighted by Crippen LogP contribution is 2.04. The van der Waals surface area contributed by atoms with Gasteiger partial charge in [0, 0.05) is 32.7 Å². The summed E-state index contributed by atoms with van der Waals surface area (Å²) >= 11 is 0. The third kappa shape index (κ3) is 3.87. The monoisotopic (exact) mass is 184 g/mol. The lowest BCUT2D eigenvalue weighted by molar-refractivity contribution is -0.109. The number of rotatable bonds is 4. The molecule has 76 valence electrons. The lowest BCUT2D eigenvalue weighted by atomic mass is 10.2. The average Bonchev–Trinajstić information content (AvgIpc) is 2.08. The van der Waals surface area contributed by atoms with Crippen molar-refractivity contribution in [2.24, 2.45) is 5.92 Å². The van der Waals surface area contributed by atoms with Crippen LogP contribution >= 0.6 is 0 Å². The van der Waals surface area contributed by atoms with E-state index in [-0.39, 0.29) is 0 Å². The van der Waals surface area contributed by atoms with Gasteiger partial charge < -0.3 is 9.69 Å². The van der Waals surface area contributed by atoms with Crippen LogP contribution in [-0.4, -0.2) is 55.4 Å². The summed E-state index contributed by atoms with van der Waals surface area (Å²) in [4.78, 5) is 15.0. The fourth-order valence-corrected chi connectivity index (χ4v) is 1.78. The highest BCUT2D eigenvalue weighted by Gasteiger charge is 2.16. The van der Waals surface area contributed by atoms with Crippen LogP contribution in [0.15, 0.2) is 0 Å². The molecule has 1 aliphatic heterocycles. The summed E-state index contributed by atoms with van der Waals surface area (Å²) in [5.74, 6) is 0.748. The first-order valence-corrected chi connectivity index (χ1v) is 5.10. The molecule has 3 nitrogen and oxygen atoms in total. The molecule has 0 aliphatic carbocycles. The van der Waals surface area contributed by atoms with E-state index in [9.17, 15) is 4.79 Å². The van der Waals surface area contributed by atoms with Crippen molar-refractivity contribution in [1.29, 1.82) is 0 Å². The fourth-order valence-electron chi connectivity index (χ4n) is 1.78. The molecule has 0 aromatic carbocycles. The Morgan fingerprint density at radius 3 is 2.15 bits per heavy atom. The van der Waals surface area contributed by atoms with E-state index in [1.54, 1.807) is 0 Å². The van der Waals surface area contributed by atoms with E-state index in [0.29, 0.717) is 6.54 Å². The lowest BCUT2D eigenvalue weighted by Crippen LogP contribution is -2.47. The first kappa shape index (κ1) is 10.7. The summed E-state index contributed by atoms with van der Waals surface area (Å²) in [7, 11) is 0. The van der Waals surface area contributed by atoms with E-state index in [1.165, 1.54) is 6.54 Å². The van der Waals surface area contributed by atoms with E-state index >= 15 is 0 Å². The minimum absolute atomic E-state index is 0.607. The van der Waals surface area contributed by atoms with Gasteiger partial charge in [-0.15, -0.1) is 0 Å². The molecule has 0 aromatic heterocycles. The number of carbonyl (C=O) groups excluding carboxylic acids is 1. The van der Waals surface area contributed by atoms with Gasteiger partial charge in [-0.25, -0.2) is 0 Å².